The Bertz CT molecular complexity index is 204. The third-order valence-corrected chi connectivity index (χ3v) is 2.88. The van der Waals surface area contributed by atoms with Gasteiger partial charge in [-0.1, -0.05) is 13.0 Å². The quantitative estimate of drug-likeness (QED) is 0.646. The number of nitrogens with zero attached hydrogens (tertiary/aromatic N) is 2. The summed E-state index contributed by atoms with van der Waals surface area (Å²) >= 11 is 0. The Morgan fingerprint density at radius 1 is 1.46 bits per heavy atom. The molecule has 2 unspecified atom stereocenters. The van der Waals surface area contributed by atoms with Crippen LogP contribution in [0.4, 0.5) is 0 Å². The van der Waals surface area contributed by atoms with E-state index in [0.29, 0.717) is 5.92 Å². The Morgan fingerprint density at radius 3 is 2.62 bits per heavy atom. The van der Waals surface area contributed by atoms with Gasteiger partial charge < -0.3 is 4.90 Å². The lowest BCUT2D eigenvalue weighted by Gasteiger charge is -2.27. The van der Waals surface area contributed by atoms with E-state index in [1.54, 1.807) is 0 Å². The summed E-state index contributed by atoms with van der Waals surface area (Å²) in [5, 5.41) is 0. The van der Waals surface area contributed by atoms with E-state index in [4.69, 9.17) is 0 Å². The Labute approximate surface area is 81.3 Å². The zero-order valence-electron chi connectivity index (χ0n) is 9.12. The van der Waals surface area contributed by atoms with E-state index in [1.807, 2.05) is 12.3 Å². The zero-order chi connectivity index (χ0) is 9.90. The lowest BCUT2D eigenvalue weighted by atomic mass is 9.86. The number of hydrogen-bond donors (Lipinski definition) is 0. The van der Waals surface area contributed by atoms with Crippen molar-refractivity contribution in [3.8, 4) is 0 Å². The second-order valence-corrected chi connectivity index (χ2v) is 4.36. The highest BCUT2D eigenvalue weighted by molar-refractivity contribution is 5.75. The normalized spacial score (nSPS) is 28.7. The van der Waals surface area contributed by atoms with Crippen molar-refractivity contribution in [1.82, 2.24) is 4.90 Å². The fourth-order valence-electron chi connectivity index (χ4n) is 1.52. The van der Waals surface area contributed by atoms with Crippen molar-refractivity contribution in [3.63, 3.8) is 0 Å². The number of hydrogen-bond acceptors (Lipinski definition) is 2. The van der Waals surface area contributed by atoms with Crippen LogP contribution in [0.15, 0.2) is 17.1 Å². The van der Waals surface area contributed by atoms with Crippen molar-refractivity contribution in [3.05, 3.63) is 12.2 Å². The molecule has 0 aromatic heterocycles. The molecule has 0 saturated heterocycles. The van der Waals surface area contributed by atoms with Crippen LogP contribution in [-0.4, -0.2) is 37.3 Å². The first-order valence-electron chi connectivity index (χ1n) is 4.92. The first kappa shape index (κ1) is 10.5. The lowest BCUT2D eigenvalue weighted by molar-refractivity contribution is 0.308. The van der Waals surface area contributed by atoms with Crippen molar-refractivity contribution in [2.24, 2.45) is 10.9 Å². The molecule has 2 atom stereocenters. The first-order chi connectivity index (χ1) is 6.04. The van der Waals surface area contributed by atoms with E-state index in [-0.39, 0.29) is 5.54 Å². The topological polar surface area (TPSA) is 15.6 Å². The molecule has 0 bridgehead atoms. The summed E-state index contributed by atoms with van der Waals surface area (Å²) in [6.45, 7) is 5.62. The van der Waals surface area contributed by atoms with E-state index in [2.05, 4.69) is 43.9 Å². The molecule has 1 aliphatic rings. The van der Waals surface area contributed by atoms with Crippen LogP contribution in [0, 0.1) is 5.92 Å². The number of allylic oxidation sites excluding steroid dienone is 1. The maximum atomic E-state index is 4.49. The highest BCUT2D eigenvalue weighted by atomic mass is 15.0. The van der Waals surface area contributed by atoms with Crippen molar-refractivity contribution in [2.45, 2.75) is 25.8 Å². The predicted molar refractivity (Wildman–Crippen MR) is 58.4 cm³/mol. The van der Waals surface area contributed by atoms with Gasteiger partial charge in [-0.15, -0.1) is 0 Å². The summed E-state index contributed by atoms with van der Waals surface area (Å²) in [6.07, 6.45) is 7.36. The molecule has 2 heteroatoms. The van der Waals surface area contributed by atoms with Gasteiger partial charge in [0.15, 0.2) is 0 Å². The number of aliphatic imine (C=N–C) groups is 1. The fraction of sp³-hybridized carbons (Fsp3) is 0.727. The second kappa shape index (κ2) is 4.05. The molecule has 74 valence electrons. The molecule has 1 rings (SSSR count). The molecule has 0 aromatic carbocycles. The van der Waals surface area contributed by atoms with Crippen LogP contribution in [0.3, 0.4) is 0 Å². The van der Waals surface area contributed by atoms with Crippen LogP contribution in [0.25, 0.3) is 0 Å². The van der Waals surface area contributed by atoms with Crippen LogP contribution >= 0.6 is 0 Å². The molecule has 0 fully saturated rings. The summed E-state index contributed by atoms with van der Waals surface area (Å²) in [5.74, 6) is 0.616. The van der Waals surface area contributed by atoms with Crippen LogP contribution in [-0.2, 0) is 0 Å². The van der Waals surface area contributed by atoms with E-state index in [1.165, 1.54) is 6.42 Å². The van der Waals surface area contributed by atoms with Gasteiger partial charge in [0.1, 0.15) is 0 Å². The Morgan fingerprint density at radius 2 is 2.15 bits per heavy atom. The molecular formula is C11H20N2. The van der Waals surface area contributed by atoms with Crippen molar-refractivity contribution in [2.75, 3.05) is 20.6 Å². The Balaban J connectivity index is 2.43. The molecule has 0 amide bonds. The third kappa shape index (κ3) is 2.66. The summed E-state index contributed by atoms with van der Waals surface area (Å²) in [4.78, 5) is 6.72. The standard InChI is InChI=1S/C11H20N2/c1-10(6-9-13(3)4)11(2)7-5-8-12-11/h5,7-8,10H,6,9H2,1-4H3. The maximum absolute atomic E-state index is 4.49. The Kier molecular flexibility index (Phi) is 3.26. The van der Waals surface area contributed by atoms with Crippen molar-refractivity contribution < 1.29 is 0 Å². The molecular weight excluding hydrogens is 160 g/mol. The molecule has 0 spiro atoms. The van der Waals surface area contributed by atoms with E-state index < -0.39 is 0 Å². The monoisotopic (exact) mass is 180 g/mol. The predicted octanol–water partition coefficient (Wildman–Crippen LogP) is 1.97. The van der Waals surface area contributed by atoms with Gasteiger partial charge in [0, 0.05) is 6.21 Å². The zero-order valence-corrected chi connectivity index (χ0v) is 9.12. The van der Waals surface area contributed by atoms with Crippen LogP contribution < -0.4 is 0 Å². The largest absolute Gasteiger partial charge is 0.309 e. The molecule has 0 aliphatic carbocycles. The lowest BCUT2D eigenvalue weighted by Crippen LogP contribution is -2.29. The van der Waals surface area contributed by atoms with E-state index in [9.17, 15) is 0 Å². The minimum Gasteiger partial charge on any atom is -0.309 e. The van der Waals surface area contributed by atoms with Gasteiger partial charge in [-0.05, 0) is 46.0 Å². The van der Waals surface area contributed by atoms with Crippen molar-refractivity contribution >= 4 is 6.21 Å². The average molecular weight is 180 g/mol. The van der Waals surface area contributed by atoms with Gasteiger partial charge >= 0.3 is 0 Å². The second-order valence-electron chi connectivity index (χ2n) is 4.36. The summed E-state index contributed by atoms with van der Waals surface area (Å²) in [7, 11) is 4.23. The summed E-state index contributed by atoms with van der Waals surface area (Å²) < 4.78 is 0. The fourth-order valence-corrected chi connectivity index (χ4v) is 1.52. The van der Waals surface area contributed by atoms with Gasteiger partial charge in [-0.2, -0.15) is 0 Å². The molecule has 0 N–H and O–H groups in total. The molecule has 0 aromatic rings. The summed E-state index contributed by atoms with van der Waals surface area (Å²) in [6, 6.07) is 0. The summed E-state index contributed by atoms with van der Waals surface area (Å²) in [5.41, 5.74) is 0.0516. The van der Waals surface area contributed by atoms with Gasteiger partial charge in [-0.25, -0.2) is 0 Å². The van der Waals surface area contributed by atoms with Crippen LogP contribution in [0.1, 0.15) is 20.3 Å². The third-order valence-electron chi connectivity index (χ3n) is 2.88. The highest BCUT2D eigenvalue weighted by Gasteiger charge is 2.28. The molecule has 0 radical (unpaired) electrons. The van der Waals surface area contributed by atoms with Crippen molar-refractivity contribution in [1.29, 1.82) is 0 Å². The first-order valence-corrected chi connectivity index (χ1v) is 4.92. The van der Waals surface area contributed by atoms with Gasteiger partial charge in [-0.3, -0.25) is 4.99 Å². The van der Waals surface area contributed by atoms with Gasteiger partial charge in [0.25, 0.3) is 0 Å². The minimum absolute atomic E-state index is 0.0516. The van der Waals surface area contributed by atoms with E-state index in [0.717, 1.165) is 6.54 Å². The maximum Gasteiger partial charge on any atom is 0.0788 e. The molecule has 2 nitrogen and oxygen atoms in total. The van der Waals surface area contributed by atoms with Crippen LogP contribution in [0.2, 0.25) is 0 Å². The molecule has 1 heterocycles. The Hall–Kier alpha value is -0.630. The van der Waals surface area contributed by atoms with Crippen LogP contribution in [0.5, 0.6) is 0 Å². The number of rotatable bonds is 4. The van der Waals surface area contributed by atoms with Gasteiger partial charge in [0.2, 0.25) is 0 Å². The smallest absolute Gasteiger partial charge is 0.0788 e. The molecule has 13 heavy (non-hydrogen) atoms. The van der Waals surface area contributed by atoms with Gasteiger partial charge in [0.05, 0.1) is 5.54 Å². The van der Waals surface area contributed by atoms with E-state index >= 15 is 0 Å². The minimum atomic E-state index is 0.0516. The highest BCUT2D eigenvalue weighted by Crippen LogP contribution is 2.28. The average Bonchev–Trinajstić information content (AvgIpc) is 2.49. The molecule has 0 saturated carbocycles. The SMILES string of the molecule is CC(CCN(C)C)C1(C)C=CC=N1. The molecule has 1 aliphatic heterocycles.